The summed E-state index contributed by atoms with van der Waals surface area (Å²) in [5, 5.41) is 0.899. The summed E-state index contributed by atoms with van der Waals surface area (Å²) in [4.78, 5) is 13.2. The molecule has 0 radical (unpaired) electrons. The molecule has 0 fully saturated rings. The van der Waals surface area contributed by atoms with Crippen LogP contribution in [-0.2, 0) is 0 Å². The van der Waals surface area contributed by atoms with Gasteiger partial charge in [0.05, 0.1) is 12.2 Å². The first-order valence-electron chi connectivity index (χ1n) is 7.22. The fourth-order valence-electron chi connectivity index (χ4n) is 2.67. The molecule has 1 heterocycles. The first-order chi connectivity index (χ1) is 10.6. The van der Waals surface area contributed by atoms with Crippen molar-refractivity contribution in [3.63, 3.8) is 0 Å². The number of thiocarbonyl (C=S) groups is 1. The van der Waals surface area contributed by atoms with Gasteiger partial charge in [0.2, 0.25) is 0 Å². The average Bonchev–Trinajstić information content (AvgIpc) is 2.49. The minimum Gasteiger partial charge on any atom is -0.494 e. The van der Waals surface area contributed by atoms with Crippen molar-refractivity contribution in [1.29, 1.82) is 0 Å². The molecule has 4 heteroatoms. The SMILES string of the molecule is CCOc1ccc2c(C)c(C3=CC=CCC3=S)c(=O)oc2c1. The van der Waals surface area contributed by atoms with E-state index >= 15 is 0 Å². The van der Waals surface area contributed by atoms with Crippen LogP contribution < -0.4 is 10.4 Å². The number of rotatable bonds is 3. The second-order valence-electron chi connectivity index (χ2n) is 5.12. The van der Waals surface area contributed by atoms with Crippen LogP contribution in [0, 0.1) is 6.92 Å². The first kappa shape index (κ1) is 14.7. The van der Waals surface area contributed by atoms with Crippen LogP contribution >= 0.6 is 12.2 Å². The van der Waals surface area contributed by atoms with Gasteiger partial charge in [-0.2, -0.15) is 0 Å². The highest BCUT2D eigenvalue weighted by atomic mass is 32.1. The maximum absolute atomic E-state index is 12.4. The minimum absolute atomic E-state index is 0.359. The topological polar surface area (TPSA) is 39.4 Å². The Morgan fingerprint density at radius 1 is 1.36 bits per heavy atom. The zero-order valence-corrected chi connectivity index (χ0v) is 13.3. The molecule has 0 atom stereocenters. The van der Waals surface area contributed by atoms with E-state index in [1.807, 2.05) is 44.2 Å². The Balaban J connectivity index is 2.23. The number of benzene rings is 1. The Labute approximate surface area is 133 Å². The predicted octanol–water partition coefficient (Wildman–Crippen LogP) is 4.21. The highest BCUT2D eigenvalue weighted by Gasteiger charge is 2.19. The van der Waals surface area contributed by atoms with Crippen molar-refractivity contribution in [2.75, 3.05) is 6.61 Å². The van der Waals surface area contributed by atoms with Crippen LogP contribution in [0.2, 0.25) is 0 Å². The molecule has 0 spiro atoms. The van der Waals surface area contributed by atoms with E-state index in [-0.39, 0.29) is 5.63 Å². The molecule has 1 aliphatic carbocycles. The van der Waals surface area contributed by atoms with Crippen molar-refractivity contribution in [2.45, 2.75) is 20.3 Å². The number of fused-ring (bicyclic) bond motifs is 1. The highest BCUT2D eigenvalue weighted by molar-refractivity contribution is 7.81. The molecule has 1 aromatic carbocycles. The Morgan fingerprint density at radius 2 is 2.18 bits per heavy atom. The van der Waals surface area contributed by atoms with Crippen LogP contribution in [-0.4, -0.2) is 11.5 Å². The Kier molecular flexibility index (Phi) is 3.94. The minimum atomic E-state index is -0.359. The molecule has 0 unspecified atom stereocenters. The van der Waals surface area contributed by atoms with Crippen LogP contribution in [0.25, 0.3) is 16.5 Å². The molecule has 0 N–H and O–H groups in total. The monoisotopic (exact) mass is 312 g/mol. The lowest BCUT2D eigenvalue weighted by atomic mass is 9.93. The molecule has 3 nitrogen and oxygen atoms in total. The summed E-state index contributed by atoms with van der Waals surface area (Å²) in [6.07, 6.45) is 6.47. The van der Waals surface area contributed by atoms with Crippen molar-refractivity contribution in [2.24, 2.45) is 0 Å². The smallest absolute Gasteiger partial charge is 0.344 e. The van der Waals surface area contributed by atoms with Crippen LogP contribution in [0.5, 0.6) is 5.75 Å². The first-order valence-corrected chi connectivity index (χ1v) is 7.63. The third-order valence-corrected chi connectivity index (χ3v) is 4.11. The summed E-state index contributed by atoms with van der Waals surface area (Å²) >= 11 is 5.39. The highest BCUT2D eigenvalue weighted by Crippen LogP contribution is 2.29. The van der Waals surface area contributed by atoms with Gasteiger partial charge in [0.25, 0.3) is 0 Å². The molecule has 22 heavy (non-hydrogen) atoms. The molecule has 0 saturated heterocycles. The second kappa shape index (κ2) is 5.89. The van der Waals surface area contributed by atoms with E-state index in [0.29, 0.717) is 29.9 Å². The van der Waals surface area contributed by atoms with E-state index in [2.05, 4.69) is 0 Å². The van der Waals surface area contributed by atoms with Gasteiger partial charge in [-0.1, -0.05) is 30.4 Å². The van der Waals surface area contributed by atoms with Gasteiger partial charge in [0.15, 0.2) is 0 Å². The molecule has 2 aromatic rings. The second-order valence-corrected chi connectivity index (χ2v) is 5.61. The molecule has 0 bridgehead atoms. The zero-order valence-electron chi connectivity index (χ0n) is 12.5. The van der Waals surface area contributed by atoms with Crippen molar-refractivity contribution < 1.29 is 9.15 Å². The summed E-state index contributed by atoms with van der Waals surface area (Å²) in [7, 11) is 0. The van der Waals surface area contributed by atoms with Gasteiger partial charge in [-0.15, -0.1) is 0 Å². The van der Waals surface area contributed by atoms with E-state index in [1.165, 1.54) is 0 Å². The van der Waals surface area contributed by atoms with Gasteiger partial charge in [-0.3, -0.25) is 0 Å². The quantitative estimate of drug-likeness (QED) is 0.628. The Bertz CT molecular complexity index is 872. The number of aryl methyl sites for hydroxylation is 1. The van der Waals surface area contributed by atoms with Crippen molar-refractivity contribution in [3.8, 4) is 5.75 Å². The number of hydrogen-bond donors (Lipinski definition) is 0. The van der Waals surface area contributed by atoms with E-state index in [1.54, 1.807) is 6.07 Å². The van der Waals surface area contributed by atoms with Gasteiger partial charge in [0, 0.05) is 28.3 Å². The molecule has 3 rings (SSSR count). The normalized spacial score (nSPS) is 14.3. The zero-order chi connectivity index (χ0) is 15.7. The number of allylic oxidation sites excluding steroid dienone is 4. The summed E-state index contributed by atoms with van der Waals surface area (Å²) in [5.74, 6) is 0.695. The van der Waals surface area contributed by atoms with Crippen LogP contribution in [0.4, 0.5) is 0 Å². The van der Waals surface area contributed by atoms with Crippen LogP contribution in [0.15, 0.2) is 45.6 Å². The van der Waals surface area contributed by atoms with Gasteiger partial charge < -0.3 is 9.15 Å². The van der Waals surface area contributed by atoms with Crippen molar-refractivity contribution in [1.82, 2.24) is 0 Å². The van der Waals surface area contributed by atoms with E-state index in [4.69, 9.17) is 21.4 Å². The molecule has 0 amide bonds. The van der Waals surface area contributed by atoms with Gasteiger partial charge >= 0.3 is 5.63 Å². The average molecular weight is 312 g/mol. The number of hydrogen-bond acceptors (Lipinski definition) is 4. The summed E-state index contributed by atoms with van der Waals surface area (Å²) in [6, 6.07) is 5.56. The lowest BCUT2D eigenvalue weighted by Crippen LogP contribution is -2.14. The third-order valence-electron chi connectivity index (χ3n) is 3.72. The largest absolute Gasteiger partial charge is 0.494 e. The van der Waals surface area contributed by atoms with Crippen LogP contribution in [0.1, 0.15) is 24.5 Å². The summed E-state index contributed by atoms with van der Waals surface area (Å²) in [6.45, 7) is 4.41. The maximum atomic E-state index is 12.4. The van der Waals surface area contributed by atoms with Crippen molar-refractivity contribution >= 4 is 33.6 Å². The fraction of sp³-hybridized carbons (Fsp3) is 0.222. The molecule has 1 aromatic heterocycles. The Morgan fingerprint density at radius 3 is 2.91 bits per heavy atom. The number of ether oxygens (including phenoxy) is 1. The van der Waals surface area contributed by atoms with Crippen molar-refractivity contribution in [3.05, 3.63) is 58.0 Å². The molecule has 112 valence electrons. The lowest BCUT2D eigenvalue weighted by Gasteiger charge is -2.14. The van der Waals surface area contributed by atoms with E-state index in [0.717, 1.165) is 21.4 Å². The molecular weight excluding hydrogens is 296 g/mol. The summed E-state index contributed by atoms with van der Waals surface area (Å²) < 4.78 is 11.0. The van der Waals surface area contributed by atoms with Gasteiger partial charge in [-0.05, 0) is 31.5 Å². The Hall–Kier alpha value is -2.20. The van der Waals surface area contributed by atoms with Gasteiger partial charge in [0.1, 0.15) is 11.3 Å². The molecule has 0 saturated carbocycles. The van der Waals surface area contributed by atoms with E-state index < -0.39 is 0 Å². The van der Waals surface area contributed by atoms with Crippen LogP contribution in [0.3, 0.4) is 0 Å². The van der Waals surface area contributed by atoms with E-state index in [9.17, 15) is 4.79 Å². The lowest BCUT2D eigenvalue weighted by molar-refractivity contribution is 0.340. The molecule has 1 aliphatic rings. The molecule has 0 aliphatic heterocycles. The van der Waals surface area contributed by atoms with Gasteiger partial charge in [-0.25, -0.2) is 4.79 Å². The maximum Gasteiger partial charge on any atom is 0.344 e. The predicted molar refractivity (Wildman–Crippen MR) is 92.7 cm³/mol. The third kappa shape index (κ3) is 2.50. The molecular formula is C18H16O3S. The summed E-state index contributed by atoms with van der Waals surface area (Å²) in [5.41, 5.74) is 2.42. The fourth-order valence-corrected chi connectivity index (χ4v) is 2.94. The standard InChI is InChI=1S/C18H16O3S/c1-3-20-12-8-9-13-11(2)17(18(19)21-15(13)10-12)14-6-4-5-7-16(14)22/h4-6,8-10H,3,7H2,1-2H3.